The van der Waals surface area contributed by atoms with Gasteiger partial charge in [-0.1, -0.05) is 315 Å². The van der Waals surface area contributed by atoms with Gasteiger partial charge in [-0.25, -0.2) is 0 Å². The first kappa shape index (κ1) is 46.4. The highest BCUT2D eigenvalue weighted by atomic mass is 14.1. The maximum Gasteiger partial charge on any atom is -0.0184 e. The van der Waals surface area contributed by atoms with Crippen molar-refractivity contribution >= 4 is 0 Å². The average Bonchev–Trinajstić information content (AvgIpc) is 3.54. The maximum atomic E-state index is 2.23. The molecule has 0 atom stereocenters. The molecule has 0 nitrogen and oxygen atoms in total. The van der Waals surface area contributed by atoms with Crippen LogP contribution in [0.15, 0.2) is 315 Å². The summed E-state index contributed by atoms with van der Waals surface area (Å²) in [5.74, 6) is 0. The van der Waals surface area contributed by atoms with Crippen LogP contribution in [0.1, 0.15) is 0 Å². The first-order valence-corrected chi connectivity index (χ1v) is 26.9. The Morgan fingerprint density at radius 2 is 0.0769 bits per heavy atom. The normalized spacial score (nSPS) is 11.3. The molecule has 0 unspecified atom stereocenters. The predicted octanol–water partition coefficient (Wildman–Crippen LogP) is 21.7. The zero-order valence-corrected chi connectivity index (χ0v) is 43.0. The Bertz CT molecular complexity index is 2850. The van der Waals surface area contributed by atoms with E-state index in [1.165, 1.54) is 145 Å². The Labute approximate surface area is 457 Å². The Morgan fingerprint density at radius 3 is 0.103 bits per heavy atom. The minimum atomic E-state index is 1.21. The van der Waals surface area contributed by atoms with E-state index in [0.29, 0.717) is 0 Å². The van der Waals surface area contributed by atoms with Crippen LogP contribution in [-0.2, 0) is 0 Å². The molecule has 0 aromatic heterocycles. The summed E-state index contributed by atoms with van der Waals surface area (Å²) in [6.07, 6.45) is 0. The van der Waals surface area contributed by atoms with Crippen molar-refractivity contribution in [3.8, 4) is 145 Å². The van der Waals surface area contributed by atoms with E-state index in [9.17, 15) is 0 Å². The lowest BCUT2D eigenvalue weighted by Crippen LogP contribution is -1.85. The highest BCUT2D eigenvalue weighted by molar-refractivity contribution is 5.81. The Kier molecular flexibility index (Phi) is 12.0. The van der Waals surface area contributed by atoms with Crippen LogP contribution in [0.5, 0.6) is 0 Å². The quantitative estimate of drug-likeness (QED) is 0.142. The van der Waals surface area contributed by atoms with Gasteiger partial charge in [0.15, 0.2) is 0 Å². The smallest absolute Gasteiger partial charge is 0.0184 e. The minimum Gasteiger partial charge on any atom is -0.0538 e. The number of hydrogen-bond acceptors (Lipinski definition) is 0. The number of benzene rings is 13. The topological polar surface area (TPSA) is 0 Å². The molecule has 26 bridgehead atoms. The summed E-state index contributed by atoms with van der Waals surface area (Å²) < 4.78 is 0. The van der Waals surface area contributed by atoms with Gasteiger partial charge in [0.1, 0.15) is 0 Å². The lowest BCUT2D eigenvalue weighted by molar-refractivity contribution is 1.55. The summed E-state index contributed by atoms with van der Waals surface area (Å²) in [7, 11) is 0. The molecular formula is C78H52. The van der Waals surface area contributed by atoms with E-state index in [0.717, 1.165) is 0 Å². The summed E-state index contributed by atoms with van der Waals surface area (Å²) in [5, 5.41) is 0. The molecule has 0 amide bonds. The Morgan fingerprint density at radius 1 is 0.0513 bits per heavy atom. The molecule has 0 heteroatoms. The fourth-order valence-electron chi connectivity index (χ4n) is 11.1. The summed E-state index contributed by atoms with van der Waals surface area (Å²) in [4.78, 5) is 0. The Balaban J connectivity index is 0.725. The lowest BCUT2D eigenvalue weighted by Gasteiger charge is -2.10. The highest BCUT2D eigenvalue weighted by Crippen LogP contribution is 2.36. The second kappa shape index (κ2) is 20.2. The van der Waals surface area contributed by atoms with Gasteiger partial charge in [0, 0.05) is 0 Å². The predicted molar refractivity (Wildman–Crippen MR) is 331 cm³/mol. The first-order valence-electron chi connectivity index (χ1n) is 26.9. The van der Waals surface area contributed by atoms with Crippen LogP contribution in [0.4, 0.5) is 0 Å². The molecule has 13 aromatic rings. The monoisotopic (exact) mass is 988 g/mol. The molecule has 0 aliphatic heterocycles. The second-order valence-electron chi connectivity index (χ2n) is 20.5. The molecule has 37 aliphatic rings. The molecule has 0 spiro atoms. The third-order valence-corrected chi connectivity index (χ3v) is 15.8. The SMILES string of the molecule is c1cc2ccc1-c1ccc(cc1)-c1ccc(cc1)-c1ccc(cc1)-c1ccc(cc1)-c1ccc(cc1)-c1ccc(cc1)-c1ccc(cc1)-c1ccc(cc1)-c1ccc(cc1)-c1ccc(cc1)-c1ccc(cc1)-c1ccc-2cc1. The third-order valence-electron chi connectivity index (χ3n) is 15.8. The van der Waals surface area contributed by atoms with Gasteiger partial charge in [0.05, 0.1) is 0 Å². The van der Waals surface area contributed by atoms with E-state index in [4.69, 9.17) is 0 Å². The lowest BCUT2D eigenvalue weighted by atomic mass is 9.95. The van der Waals surface area contributed by atoms with E-state index >= 15 is 0 Å². The van der Waals surface area contributed by atoms with Gasteiger partial charge in [-0.3, -0.25) is 0 Å². The van der Waals surface area contributed by atoms with Gasteiger partial charge in [0.25, 0.3) is 0 Å². The molecule has 50 rings (SSSR count). The molecule has 13 aromatic carbocycles. The van der Waals surface area contributed by atoms with Gasteiger partial charge in [-0.05, 0) is 145 Å². The zero-order valence-electron chi connectivity index (χ0n) is 43.0. The van der Waals surface area contributed by atoms with Gasteiger partial charge < -0.3 is 0 Å². The van der Waals surface area contributed by atoms with Gasteiger partial charge >= 0.3 is 0 Å². The molecule has 78 heavy (non-hydrogen) atoms. The van der Waals surface area contributed by atoms with Crippen molar-refractivity contribution in [2.45, 2.75) is 0 Å². The van der Waals surface area contributed by atoms with E-state index in [1.54, 1.807) is 0 Å². The summed E-state index contributed by atoms with van der Waals surface area (Å²) >= 11 is 0. The van der Waals surface area contributed by atoms with Crippen LogP contribution in [-0.4, -0.2) is 0 Å². The molecule has 0 fully saturated rings. The van der Waals surface area contributed by atoms with Crippen molar-refractivity contribution in [1.82, 2.24) is 0 Å². The number of rotatable bonds is 0. The summed E-state index contributed by atoms with van der Waals surface area (Å²) in [6.45, 7) is 0. The van der Waals surface area contributed by atoms with Crippen molar-refractivity contribution < 1.29 is 0 Å². The fourth-order valence-corrected chi connectivity index (χ4v) is 11.1. The minimum absolute atomic E-state index is 1.21. The van der Waals surface area contributed by atoms with E-state index < -0.39 is 0 Å². The van der Waals surface area contributed by atoms with Crippen LogP contribution >= 0.6 is 0 Å². The van der Waals surface area contributed by atoms with Crippen LogP contribution in [0, 0.1) is 0 Å². The highest BCUT2D eigenvalue weighted by Gasteiger charge is 2.10. The first-order chi connectivity index (χ1) is 38.6. The maximum absolute atomic E-state index is 2.23. The molecule has 0 heterocycles. The Hall–Kier alpha value is -10.1. The van der Waals surface area contributed by atoms with Crippen molar-refractivity contribution in [2.75, 3.05) is 0 Å². The summed E-state index contributed by atoms with van der Waals surface area (Å²) in [5.41, 5.74) is 31.3. The van der Waals surface area contributed by atoms with Gasteiger partial charge in [-0.15, -0.1) is 0 Å². The van der Waals surface area contributed by atoms with Crippen molar-refractivity contribution in [3.63, 3.8) is 0 Å². The van der Waals surface area contributed by atoms with Gasteiger partial charge in [-0.2, -0.15) is 0 Å². The molecule has 0 saturated carbocycles. The van der Waals surface area contributed by atoms with Crippen LogP contribution in [0.3, 0.4) is 0 Å². The van der Waals surface area contributed by atoms with Crippen molar-refractivity contribution in [1.29, 1.82) is 0 Å². The average molecular weight is 989 g/mol. The van der Waals surface area contributed by atoms with Crippen molar-refractivity contribution in [3.05, 3.63) is 315 Å². The van der Waals surface area contributed by atoms with E-state index in [2.05, 4.69) is 315 Å². The molecule has 364 valence electrons. The molecule has 0 N–H and O–H groups in total. The zero-order chi connectivity index (χ0) is 51.8. The van der Waals surface area contributed by atoms with Gasteiger partial charge in [0.2, 0.25) is 0 Å². The van der Waals surface area contributed by atoms with E-state index in [1.807, 2.05) is 0 Å². The van der Waals surface area contributed by atoms with E-state index in [-0.39, 0.29) is 0 Å². The standard InChI is InChI=1S/C78H52/c1-2-54-4-3-53(1)55-5-7-57(8-6-55)59-13-15-61(16-14-59)63-21-23-65(24-22-63)67-29-31-69(32-30-67)71-37-39-73(40-38-71)75-45-47-77(48-46-75)78-51-49-76(50-52-78)74-43-41-72(42-44-74)70-35-33-68(34-36-70)66-27-25-64(26-28-66)62-19-17-60(18-20-62)58-11-9-56(54)10-12-58/h1-52H. The van der Waals surface area contributed by atoms with Crippen LogP contribution in [0.25, 0.3) is 145 Å². The molecule has 0 saturated heterocycles. The molecule has 37 aliphatic carbocycles. The second-order valence-corrected chi connectivity index (χ2v) is 20.5. The number of hydrogen-bond donors (Lipinski definition) is 0. The molecular weight excluding hydrogens is 937 g/mol. The van der Waals surface area contributed by atoms with Crippen molar-refractivity contribution in [2.24, 2.45) is 0 Å². The fraction of sp³-hybridized carbons (Fsp3) is 0. The van der Waals surface area contributed by atoms with Crippen LogP contribution in [0.2, 0.25) is 0 Å². The third kappa shape index (κ3) is 9.38. The van der Waals surface area contributed by atoms with Crippen LogP contribution < -0.4 is 0 Å². The molecule has 0 radical (unpaired) electrons. The summed E-state index contributed by atoms with van der Waals surface area (Å²) in [6, 6.07) is 116. The largest absolute Gasteiger partial charge is 0.0538 e.